The van der Waals surface area contributed by atoms with Crippen LogP contribution in [-0.2, 0) is 0 Å². The van der Waals surface area contributed by atoms with Gasteiger partial charge in [-0.2, -0.15) is 0 Å². The third-order valence-electron chi connectivity index (χ3n) is 0.622. The van der Waals surface area contributed by atoms with Crippen LogP contribution in [0, 0.1) is 0 Å². The van der Waals surface area contributed by atoms with Crippen LogP contribution >= 0.6 is 0 Å². The van der Waals surface area contributed by atoms with Crippen molar-refractivity contribution in [1.82, 2.24) is 0 Å². The Balaban J connectivity index is 0. The molecular formula is C6H18N2O. The van der Waals surface area contributed by atoms with E-state index in [0.717, 1.165) is 12.8 Å². The third kappa shape index (κ3) is 32.8. The summed E-state index contributed by atoms with van der Waals surface area (Å²) < 4.78 is 0. The van der Waals surface area contributed by atoms with Crippen LogP contribution in [-0.4, -0.2) is 17.9 Å². The topological polar surface area (TPSA) is 72.3 Å². The van der Waals surface area contributed by atoms with Gasteiger partial charge in [-0.05, 0) is 13.3 Å². The van der Waals surface area contributed by atoms with Crippen molar-refractivity contribution < 1.29 is 5.11 Å². The van der Waals surface area contributed by atoms with E-state index >= 15 is 0 Å². The molecule has 58 valence electrons. The number of nitrogens with two attached hydrogens (primary N) is 2. The van der Waals surface area contributed by atoms with E-state index in [4.69, 9.17) is 16.6 Å². The molecule has 0 saturated carbocycles. The molecule has 0 aromatic heterocycles. The maximum atomic E-state index is 7.57. The van der Waals surface area contributed by atoms with Gasteiger partial charge in [-0.3, -0.25) is 0 Å². The highest BCUT2D eigenvalue weighted by molar-refractivity contribution is 4.45. The van der Waals surface area contributed by atoms with Crippen molar-refractivity contribution in [2.45, 2.75) is 32.9 Å². The molecule has 0 rings (SSSR count). The predicted molar refractivity (Wildman–Crippen MR) is 39.8 cm³/mol. The van der Waals surface area contributed by atoms with E-state index in [1.807, 2.05) is 0 Å². The van der Waals surface area contributed by atoms with Crippen molar-refractivity contribution in [3.8, 4) is 0 Å². The van der Waals surface area contributed by atoms with Gasteiger partial charge in [-0.15, -0.1) is 0 Å². The molecule has 5 N–H and O–H groups in total. The van der Waals surface area contributed by atoms with E-state index in [-0.39, 0.29) is 12.8 Å². The molecular weight excluding hydrogens is 116 g/mol. The summed E-state index contributed by atoms with van der Waals surface area (Å²) in [7, 11) is 0. The highest BCUT2D eigenvalue weighted by atomic mass is 16.2. The molecule has 3 heteroatoms. The van der Waals surface area contributed by atoms with Crippen molar-refractivity contribution in [3.63, 3.8) is 0 Å². The van der Waals surface area contributed by atoms with Gasteiger partial charge in [-0.1, -0.05) is 13.3 Å². The molecule has 0 bridgehead atoms. The van der Waals surface area contributed by atoms with Gasteiger partial charge in [0, 0.05) is 6.61 Å². The smallest absolute Gasteiger partial charge is 0.0520 e. The first-order chi connectivity index (χ1) is 4.18. The van der Waals surface area contributed by atoms with Gasteiger partial charge < -0.3 is 16.6 Å². The van der Waals surface area contributed by atoms with Crippen LogP contribution in [0.5, 0.6) is 0 Å². The monoisotopic (exact) mass is 134 g/mol. The standard InChI is InChI=1S/C4H12N2.C2H6O/c1-2-3-4(5)6;1-2-3/h4H,2-3,5-6H2,1H3;3H,2H2,1H3. The van der Waals surface area contributed by atoms with Gasteiger partial charge in [0.25, 0.3) is 0 Å². The minimum Gasteiger partial charge on any atom is -0.397 e. The molecule has 0 aromatic rings. The van der Waals surface area contributed by atoms with Gasteiger partial charge in [0.2, 0.25) is 0 Å². The molecule has 0 aliphatic rings. The summed E-state index contributed by atoms with van der Waals surface area (Å²) >= 11 is 0. The zero-order chi connectivity index (χ0) is 7.70. The Morgan fingerprint density at radius 1 is 1.33 bits per heavy atom. The van der Waals surface area contributed by atoms with Crippen molar-refractivity contribution in [3.05, 3.63) is 0 Å². The fraction of sp³-hybridized carbons (Fsp3) is 1.00. The quantitative estimate of drug-likeness (QED) is 0.466. The van der Waals surface area contributed by atoms with E-state index in [1.54, 1.807) is 6.92 Å². The fourth-order valence-electron chi connectivity index (χ4n) is 0.333. The lowest BCUT2D eigenvalue weighted by molar-refractivity contribution is 0.318. The average Bonchev–Trinajstić information content (AvgIpc) is 1.67. The van der Waals surface area contributed by atoms with Crippen LogP contribution in [0.2, 0.25) is 0 Å². The molecule has 0 spiro atoms. The van der Waals surface area contributed by atoms with Gasteiger partial charge in [0.05, 0.1) is 6.17 Å². The first kappa shape index (κ1) is 11.6. The SMILES string of the molecule is CCCC(N)N.CCO. The van der Waals surface area contributed by atoms with Crippen molar-refractivity contribution >= 4 is 0 Å². The summed E-state index contributed by atoms with van der Waals surface area (Å²) in [6.45, 7) is 3.99. The van der Waals surface area contributed by atoms with Crippen LogP contribution in [0.1, 0.15) is 26.7 Å². The van der Waals surface area contributed by atoms with Crippen LogP contribution in [0.25, 0.3) is 0 Å². The first-order valence-electron chi connectivity index (χ1n) is 3.31. The van der Waals surface area contributed by atoms with E-state index in [1.165, 1.54) is 0 Å². The Kier molecular flexibility index (Phi) is 14.0. The highest BCUT2D eigenvalue weighted by Gasteiger charge is 1.85. The molecule has 9 heavy (non-hydrogen) atoms. The Morgan fingerprint density at radius 2 is 1.67 bits per heavy atom. The molecule has 0 aromatic carbocycles. The second-order valence-electron chi connectivity index (χ2n) is 1.77. The molecule has 0 atom stereocenters. The minimum absolute atomic E-state index is 0.102. The Morgan fingerprint density at radius 3 is 1.67 bits per heavy atom. The summed E-state index contributed by atoms with van der Waals surface area (Å²) in [6.07, 6.45) is 1.91. The van der Waals surface area contributed by atoms with Gasteiger partial charge in [-0.25, -0.2) is 0 Å². The van der Waals surface area contributed by atoms with E-state index in [9.17, 15) is 0 Å². The Hall–Kier alpha value is -0.120. The fourth-order valence-corrected chi connectivity index (χ4v) is 0.333. The number of hydrogen-bond acceptors (Lipinski definition) is 3. The number of rotatable bonds is 2. The molecule has 0 radical (unpaired) electrons. The summed E-state index contributed by atoms with van der Waals surface area (Å²) in [5.74, 6) is 0. The van der Waals surface area contributed by atoms with Crippen molar-refractivity contribution in [2.75, 3.05) is 6.61 Å². The summed E-state index contributed by atoms with van der Waals surface area (Å²) in [4.78, 5) is 0. The molecule has 0 unspecified atom stereocenters. The summed E-state index contributed by atoms with van der Waals surface area (Å²) in [5.41, 5.74) is 10.4. The predicted octanol–water partition coefficient (Wildman–Crippen LogP) is 0.0286. The van der Waals surface area contributed by atoms with Crippen LogP contribution < -0.4 is 11.5 Å². The zero-order valence-electron chi connectivity index (χ0n) is 6.30. The average molecular weight is 134 g/mol. The second-order valence-corrected chi connectivity index (χ2v) is 1.77. The van der Waals surface area contributed by atoms with E-state index in [0.29, 0.717) is 0 Å². The minimum atomic E-state index is -0.102. The normalized spacial score (nSPS) is 8.67. The maximum absolute atomic E-state index is 7.57. The molecule has 3 nitrogen and oxygen atoms in total. The lowest BCUT2D eigenvalue weighted by atomic mass is 10.3. The van der Waals surface area contributed by atoms with Gasteiger partial charge in [0.15, 0.2) is 0 Å². The first-order valence-corrected chi connectivity index (χ1v) is 3.31. The number of hydrogen-bond donors (Lipinski definition) is 3. The summed E-state index contributed by atoms with van der Waals surface area (Å²) in [6, 6.07) is 0. The van der Waals surface area contributed by atoms with Crippen molar-refractivity contribution in [2.24, 2.45) is 11.5 Å². The van der Waals surface area contributed by atoms with Crippen LogP contribution in [0.3, 0.4) is 0 Å². The molecule has 0 saturated heterocycles. The molecule has 0 fully saturated rings. The Bertz CT molecular complexity index is 40.0. The Labute approximate surface area is 57.0 Å². The third-order valence-corrected chi connectivity index (χ3v) is 0.622. The molecule has 0 aliphatic carbocycles. The van der Waals surface area contributed by atoms with Crippen LogP contribution in [0.15, 0.2) is 0 Å². The van der Waals surface area contributed by atoms with Gasteiger partial charge >= 0.3 is 0 Å². The second kappa shape index (κ2) is 10.8. The molecule has 0 amide bonds. The van der Waals surface area contributed by atoms with Crippen molar-refractivity contribution in [1.29, 1.82) is 0 Å². The lowest BCUT2D eigenvalue weighted by Gasteiger charge is -1.97. The molecule has 0 heterocycles. The maximum Gasteiger partial charge on any atom is 0.0520 e. The lowest BCUT2D eigenvalue weighted by Crippen LogP contribution is -2.29. The van der Waals surface area contributed by atoms with E-state index < -0.39 is 0 Å². The largest absolute Gasteiger partial charge is 0.397 e. The summed E-state index contributed by atoms with van der Waals surface area (Å²) in [5, 5.41) is 7.57. The number of aliphatic hydroxyl groups excluding tert-OH is 1. The molecule has 0 aliphatic heterocycles. The highest BCUT2D eigenvalue weighted by Crippen LogP contribution is 1.82. The van der Waals surface area contributed by atoms with Crippen LogP contribution in [0.4, 0.5) is 0 Å². The van der Waals surface area contributed by atoms with E-state index in [2.05, 4.69) is 6.92 Å². The van der Waals surface area contributed by atoms with Gasteiger partial charge in [0.1, 0.15) is 0 Å². The zero-order valence-corrected chi connectivity index (χ0v) is 6.30. The number of aliphatic hydroxyl groups is 1.